The Bertz CT molecular complexity index is 908. The van der Waals surface area contributed by atoms with Gasteiger partial charge in [0.05, 0.1) is 18.2 Å². The van der Waals surface area contributed by atoms with Gasteiger partial charge in [-0.1, -0.05) is 93.6 Å². The van der Waals surface area contributed by atoms with Crippen LogP contribution in [-0.2, 0) is 9.16 Å². The van der Waals surface area contributed by atoms with E-state index in [1.54, 1.807) is 0 Å². The van der Waals surface area contributed by atoms with Crippen LogP contribution < -0.4 is 15.7 Å². The molecule has 3 rings (SSSR count). The molecule has 5 nitrogen and oxygen atoms in total. The van der Waals surface area contributed by atoms with Crippen LogP contribution in [-0.4, -0.2) is 43.4 Å². The fourth-order valence-corrected chi connectivity index (χ4v) is 9.12. The summed E-state index contributed by atoms with van der Waals surface area (Å²) < 4.78 is 12.6. The lowest BCUT2D eigenvalue weighted by molar-refractivity contribution is 0.0256. The van der Waals surface area contributed by atoms with Crippen LogP contribution >= 0.6 is 0 Å². The van der Waals surface area contributed by atoms with Crippen molar-refractivity contribution in [2.45, 2.75) is 76.9 Å². The summed E-state index contributed by atoms with van der Waals surface area (Å²) in [6, 6.07) is 20.1. The molecule has 178 valence electrons. The molecule has 0 saturated heterocycles. The van der Waals surface area contributed by atoms with Crippen LogP contribution in [0.25, 0.3) is 0 Å². The lowest BCUT2D eigenvalue weighted by Crippen LogP contribution is -2.69. The largest absolute Gasteiger partial charge is 0.444 e. The summed E-state index contributed by atoms with van der Waals surface area (Å²) in [5.74, 6) is 0. The number of ether oxygens (including phenoxy) is 1. The van der Waals surface area contributed by atoms with Gasteiger partial charge < -0.3 is 19.6 Å². The van der Waals surface area contributed by atoms with E-state index in [1.165, 1.54) is 0 Å². The molecule has 0 spiro atoms. The number of hydrogen-bond donors (Lipinski definition) is 2. The van der Waals surface area contributed by atoms with E-state index in [1.807, 2.05) is 69.3 Å². The summed E-state index contributed by atoms with van der Waals surface area (Å²) in [6.07, 6.45) is 2.51. The number of benzene rings is 2. The summed E-state index contributed by atoms with van der Waals surface area (Å²) in [5, 5.41) is 15.8. The Morgan fingerprint density at radius 3 is 1.91 bits per heavy atom. The molecular formula is C27H37NO4Si. The van der Waals surface area contributed by atoms with Crippen molar-refractivity contribution in [1.29, 1.82) is 0 Å². The number of hydrogen-bond acceptors (Lipinski definition) is 4. The quantitative estimate of drug-likeness (QED) is 0.512. The van der Waals surface area contributed by atoms with E-state index in [2.05, 4.69) is 50.4 Å². The van der Waals surface area contributed by atoms with Gasteiger partial charge in [0.15, 0.2) is 0 Å². The summed E-state index contributed by atoms with van der Waals surface area (Å²) in [7, 11) is -2.86. The van der Waals surface area contributed by atoms with Crippen LogP contribution in [0.5, 0.6) is 0 Å². The van der Waals surface area contributed by atoms with E-state index >= 15 is 0 Å². The SMILES string of the molecule is CC(C)(C)OC(=O)N[C@H]1[C@H](O)CC=C[C@H]1O[Si](c1ccccc1)(c1ccccc1)C(C)(C)C. The Morgan fingerprint density at radius 2 is 1.45 bits per heavy atom. The Hall–Kier alpha value is -2.41. The average molecular weight is 468 g/mol. The molecule has 2 N–H and O–H groups in total. The molecule has 0 unspecified atom stereocenters. The van der Waals surface area contributed by atoms with Gasteiger partial charge in [-0.05, 0) is 42.6 Å². The van der Waals surface area contributed by atoms with Gasteiger partial charge >= 0.3 is 6.09 Å². The molecule has 1 aliphatic rings. The zero-order chi connectivity index (χ0) is 24.3. The van der Waals surface area contributed by atoms with Crippen LogP contribution in [0.4, 0.5) is 4.79 Å². The van der Waals surface area contributed by atoms with E-state index in [0.29, 0.717) is 6.42 Å². The van der Waals surface area contributed by atoms with Gasteiger partial charge in [0.1, 0.15) is 5.60 Å². The molecule has 0 aliphatic heterocycles. The molecule has 1 amide bonds. The normalized spacial score (nSPS) is 21.5. The number of alkyl carbamates (subject to hydrolysis) is 1. The Labute approximate surface area is 199 Å². The molecule has 0 bridgehead atoms. The molecule has 2 aromatic rings. The van der Waals surface area contributed by atoms with E-state index in [9.17, 15) is 9.90 Å². The second-order valence-corrected chi connectivity index (χ2v) is 14.9. The van der Waals surface area contributed by atoms with Gasteiger partial charge in [-0.15, -0.1) is 0 Å². The first-order valence-electron chi connectivity index (χ1n) is 11.6. The highest BCUT2D eigenvalue weighted by Crippen LogP contribution is 2.38. The molecule has 0 saturated carbocycles. The van der Waals surface area contributed by atoms with Gasteiger partial charge in [0, 0.05) is 0 Å². The van der Waals surface area contributed by atoms with Crippen molar-refractivity contribution in [2.24, 2.45) is 0 Å². The molecule has 0 heterocycles. The molecule has 0 aromatic heterocycles. The van der Waals surface area contributed by atoms with Crippen LogP contribution in [0.1, 0.15) is 48.0 Å². The third-order valence-electron chi connectivity index (χ3n) is 5.88. The average Bonchev–Trinajstić information content (AvgIpc) is 2.73. The van der Waals surface area contributed by atoms with Crippen molar-refractivity contribution in [3.8, 4) is 0 Å². The topological polar surface area (TPSA) is 67.8 Å². The van der Waals surface area contributed by atoms with Gasteiger partial charge in [-0.2, -0.15) is 0 Å². The second kappa shape index (κ2) is 9.83. The number of carbonyl (C=O) groups excluding carboxylic acids is 1. The molecule has 33 heavy (non-hydrogen) atoms. The number of amides is 1. The van der Waals surface area contributed by atoms with Crippen LogP contribution in [0, 0.1) is 0 Å². The minimum atomic E-state index is -2.86. The summed E-state index contributed by atoms with van der Waals surface area (Å²) in [6.45, 7) is 12.1. The minimum absolute atomic E-state index is 0.220. The van der Waals surface area contributed by atoms with E-state index in [-0.39, 0.29) is 5.04 Å². The molecule has 6 heteroatoms. The highest BCUT2D eigenvalue weighted by atomic mass is 28.4. The highest BCUT2D eigenvalue weighted by molar-refractivity contribution is 6.99. The van der Waals surface area contributed by atoms with Crippen molar-refractivity contribution in [3.63, 3.8) is 0 Å². The van der Waals surface area contributed by atoms with Crippen molar-refractivity contribution in [2.75, 3.05) is 0 Å². The zero-order valence-electron chi connectivity index (χ0n) is 20.5. The smallest absolute Gasteiger partial charge is 0.408 e. The van der Waals surface area contributed by atoms with Crippen molar-refractivity contribution in [1.82, 2.24) is 5.32 Å². The van der Waals surface area contributed by atoms with Crippen molar-refractivity contribution in [3.05, 3.63) is 72.8 Å². The van der Waals surface area contributed by atoms with Crippen LogP contribution in [0.2, 0.25) is 5.04 Å². The summed E-state index contributed by atoms with van der Waals surface area (Å²) in [4.78, 5) is 12.6. The maximum absolute atomic E-state index is 12.6. The first-order chi connectivity index (χ1) is 15.4. The molecule has 2 aromatic carbocycles. The standard InChI is InChI=1S/C27H37NO4Si/c1-26(2,3)31-25(30)28-24-22(29)18-13-19-23(24)32-33(27(4,5)6,20-14-9-7-10-15-20)21-16-11-8-12-17-21/h7-17,19,22-24,29H,18H2,1-6H3,(H,28,30)/t22-,23-,24+/m1/s1. The van der Waals surface area contributed by atoms with Crippen LogP contribution in [0.3, 0.4) is 0 Å². The first-order valence-corrected chi connectivity index (χ1v) is 13.5. The monoisotopic (exact) mass is 467 g/mol. The second-order valence-electron chi connectivity index (χ2n) is 10.6. The molecular weight excluding hydrogens is 430 g/mol. The number of rotatable bonds is 5. The van der Waals surface area contributed by atoms with E-state index in [0.717, 1.165) is 10.4 Å². The predicted molar refractivity (Wildman–Crippen MR) is 135 cm³/mol. The minimum Gasteiger partial charge on any atom is -0.444 e. The fourth-order valence-electron chi connectivity index (χ4n) is 4.47. The number of aliphatic hydroxyl groups excluding tert-OH is 1. The predicted octanol–water partition coefficient (Wildman–Crippen LogP) is 4.15. The maximum Gasteiger partial charge on any atom is 0.408 e. The van der Waals surface area contributed by atoms with Gasteiger partial charge in [0.25, 0.3) is 8.32 Å². The summed E-state index contributed by atoms with van der Waals surface area (Å²) in [5.41, 5.74) is -0.631. The fraction of sp³-hybridized carbons (Fsp3) is 0.444. The first kappa shape index (κ1) is 25.2. The molecule has 0 fully saturated rings. The summed E-state index contributed by atoms with van der Waals surface area (Å²) >= 11 is 0. The Kier molecular flexibility index (Phi) is 7.51. The van der Waals surface area contributed by atoms with Gasteiger partial charge in [-0.25, -0.2) is 4.79 Å². The van der Waals surface area contributed by atoms with Crippen LogP contribution in [0.15, 0.2) is 72.8 Å². The van der Waals surface area contributed by atoms with Crippen molar-refractivity contribution < 1.29 is 19.1 Å². The van der Waals surface area contributed by atoms with Gasteiger partial charge in [0.2, 0.25) is 0 Å². The Morgan fingerprint density at radius 1 is 0.939 bits per heavy atom. The maximum atomic E-state index is 12.6. The molecule has 1 aliphatic carbocycles. The number of aliphatic hydroxyl groups is 1. The van der Waals surface area contributed by atoms with E-state index in [4.69, 9.17) is 9.16 Å². The third-order valence-corrected chi connectivity index (χ3v) is 10.9. The third kappa shape index (κ3) is 5.75. The molecule has 3 atom stereocenters. The van der Waals surface area contributed by atoms with Gasteiger partial charge in [-0.3, -0.25) is 0 Å². The number of carbonyl (C=O) groups is 1. The van der Waals surface area contributed by atoms with Crippen molar-refractivity contribution >= 4 is 24.8 Å². The number of nitrogens with one attached hydrogen (secondary N) is 1. The highest BCUT2D eigenvalue weighted by Gasteiger charge is 2.52. The zero-order valence-corrected chi connectivity index (χ0v) is 21.5. The Balaban J connectivity index is 2.07. The molecule has 0 radical (unpaired) electrons. The lowest BCUT2D eigenvalue weighted by atomic mass is 9.96. The lowest BCUT2D eigenvalue weighted by Gasteiger charge is -2.47. The van der Waals surface area contributed by atoms with E-state index < -0.39 is 38.3 Å².